The number of nitrogen functional groups attached to an aromatic ring is 1. The number of ether oxygens (including phenoxy) is 1. The lowest BCUT2D eigenvalue weighted by molar-refractivity contribution is 0.0494. The molecule has 1 aromatic heterocycles. The van der Waals surface area contributed by atoms with E-state index in [1.807, 2.05) is 42.5 Å². The second-order valence-electron chi connectivity index (χ2n) is 4.78. The summed E-state index contributed by atoms with van der Waals surface area (Å²) in [5.41, 5.74) is 8.77. The number of furan rings is 1. The van der Waals surface area contributed by atoms with Crippen LogP contribution in [0, 0.1) is 0 Å². The molecule has 5 heteroatoms. The van der Waals surface area contributed by atoms with E-state index in [1.165, 1.54) is 0 Å². The number of halogens is 1. The molecule has 0 bridgehead atoms. The number of esters is 1. The summed E-state index contributed by atoms with van der Waals surface area (Å²) in [4.78, 5) is 11.8. The quantitative estimate of drug-likeness (QED) is 0.722. The third kappa shape index (κ3) is 2.53. The van der Waals surface area contributed by atoms with Crippen molar-refractivity contribution in [3.05, 3.63) is 53.2 Å². The topological polar surface area (TPSA) is 65.5 Å². The molecule has 0 spiro atoms. The van der Waals surface area contributed by atoms with Crippen LogP contribution in [0.15, 0.2) is 46.9 Å². The van der Waals surface area contributed by atoms with Crippen LogP contribution >= 0.6 is 11.6 Å². The first-order chi connectivity index (χ1) is 10.6. The Bertz CT molecular complexity index is 837. The maximum absolute atomic E-state index is 11.8. The molecule has 112 valence electrons. The fraction of sp³-hybridized carbons (Fsp3) is 0.118. The maximum atomic E-state index is 11.8. The van der Waals surface area contributed by atoms with E-state index >= 15 is 0 Å². The van der Waals surface area contributed by atoms with Crippen LogP contribution in [0.2, 0.25) is 5.02 Å². The lowest BCUT2D eigenvalue weighted by Gasteiger charge is -2.01. The van der Waals surface area contributed by atoms with Crippen molar-refractivity contribution in [3.63, 3.8) is 0 Å². The number of fused-ring (bicyclic) bond motifs is 1. The molecular weight excluding hydrogens is 302 g/mol. The van der Waals surface area contributed by atoms with E-state index in [2.05, 4.69) is 0 Å². The number of nitrogens with two attached hydrogens (primary N) is 1. The summed E-state index contributed by atoms with van der Waals surface area (Å²) in [5, 5.41) is 1.37. The van der Waals surface area contributed by atoms with Crippen molar-refractivity contribution in [1.82, 2.24) is 0 Å². The third-order valence-electron chi connectivity index (χ3n) is 3.37. The first-order valence-corrected chi connectivity index (χ1v) is 7.23. The molecule has 2 N–H and O–H groups in total. The van der Waals surface area contributed by atoms with Gasteiger partial charge in [-0.2, -0.15) is 0 Å². The fourth-order valence-electron chi connectivity index (χ4n) is 2.29. The Morgan fingerprint density at radius 1 is 1.18 bits per heavy atom. The lowest BCUT2D eigenvalue weighted by Crippen LogP contribution is -2.05. The first-order valence-electron chi connectivity index (χ1n) is 6.85. The van der Waals surface area contributed by atoms with Gasteiger partial charge in [0.2, 0.25) is 5.76 Å². The van der Waals surface area contributed by atoms with Crippen LogP contribution in [0.1, 0.15) is 17.5 Å². The van der Waals surface area contributed by atoms with Gasteiger partial charge in [0.1, 0.15) is 5.58 Å². The van der Waals surface area contributed by atoms with Gasteiger partial charge in [-0.05, 0) is 42.3 Å². The van der Waals surface area contributed by atoms with E-state index in [-0.39, 0.29) is 12.4 Å². The molecule has 0 amide bonds. The van der Waals surface area contributed by atoms with Crippen LogP contribution in [0.4, 0.5) is 5.69 Å². The summed E-state index contributed by atoms with van der Waals surface area (Å²) < 4.78 is 10.5. The van der Waals surface area contributed by atoms with Crippen molar-refractivity contribution in [2.75, 3.05) is 12.3 Å². The molecule has 0 aliphatic rings. The lowest BCUT2D eigenvalue weighted by atomic mass is 10.0. The second-order valence-corrected chi connectivity index (χ2v) is 5.22. The summed E-state index contributed by atoms with van der Waals surface area (Å²) >= 11 is 5.90. The predicted octanol–water partition coefficient (Wildman–Crippen LogP) is 4.51. The molecule has 0 aliphatic carbocycles. The van der Waals surface area contributed by atoms with Crippen LogP contribution in [-0.2, 0) is 4.74 Å². The number of hydrogen-bond donors (Lipinski definition) is 1. The van der Waals surface area contributed by atoms with Crippen molar-refractivity contribution < 1.29 is 13.9 Å². The Labute approximate surface area is 132 Å². The summed E-state index contributed by atoms with van der Waals surface area (Å²) in [5.74, 6) is -0.505. The molecule has 0 saturated heterocycles. The molecule has 0 fully saturated rings. The monoisotopic (exact) mass is 315 g/mol. The maximum Gasteiger partial charge on any atom is 0.376 e. The minimum atomic E-state index is -0.552. The van der Waals surface area contributed by atoms with Crippen molar-refractivity contribution >= 4 is 34.2 Å². The average molecular weight is 316 g/mol. The highest BCUT2D eigenvalue weighted by Crippen LogP contribution is 2.32. The zero-order chi connectivity index (χ0) is 15.7. The van der Waals surface area contributed by atoms with Crippen molar-refractivity contribution in [2.45, 2.75) is 6.92 Å². The highest BCUT2D eigenvalue weighted by Gasteiger charge is 2.19. The SMILES string of the molecule is CCOC(=O)c1oc2cc(-c3ccc(Cl)cc3)ccc2c1N. The molecule has 0 unspecified atom stereocenters. The van der Waals surface area contributed by atoms with Crippen LogP contribution in [-0.4, -0.2) is 12.6 Å². The molecule has 2 aromatic carbocycles. The number of carbonyl (C=O) groups is 1. The summed E-state index contributed by atoms with van der Waals surface area (Å²) in [6.45, 7) is 2.00. The highest BCUT2D eigenvalue weighted by atomic mass is 35.5. The van der Waals surface area contributed by atoms with E-state index in [1.54, 1.807) is 6.92 Å². The van der Waals surface area contributed by atoms with E-state index < -0.39 is 5.97 Å². The minimum Gasteiger partial charge on any atom is -0.460 e. The Morgan fingerprint density at radius 3 is 2.55 bits per heavy atom. The number of carbonyl (C=O) groups excluding carboxylic acids is 1. The highest BCUT2D eigenvalue weighted by molar-refractivity contribution is 6.30. The molecule has 0 atom stereocenters. The first kappa shape index (κ1) is 14.5. The molecule has 0 saturated carbocycles. The van der Waals surface area contributed by atoms with Gasteiger partial charge in [-0.15, -0.1) is 0 Å². The van der Waals surface area contributed by atoms with Crippen LogP contribution in [0.25, 0.3) is 22.1 Å². The summed E-state index contributed by atoms with van der Waals surface area (Å²) in [7, 11) is 0. The molecule has 22 heavy (non-hydrogen) atoms. The van der Waals surface area contributed by atoms with Gasteiger partial charge >= 0.3 is 5.97 Å². The average Bonchev–Trinajstić information content (AvgIpc) is 2.85. The fourth-order valence-corrected chi connectivity index (χ4v) is 2.41. The molecular formula is C17H14ClNO3. The molecule has 3 aromatic rings. The Kier molecular flexibility index (Phi) is 3.77. The molecule has 3 rings (SSSR count). The van der Waals surface area contributed by atoms with Gasteiger partial charge in [-0.3, -0.25) is 0 Å². The van der Waals surface area contributed by atoms with E-state index in [0.717, 1.165) is 11.1 Å². The molecule has 0 aliphatic heterocycles. The van der Waals surface area contributed by atoms with Gasteiger partial charge in [0.15, 0.2) is 0 Å². The Hall–Kier alpha value is -2.46. The predicted molar refractivity (Wildman–Crippen MR) is 87.0 cm³/mol. The standard InChI is InChI=1S/C17H14ClNO3/c1-2-21-17(20)16-15(19)13-8-5-11(9-14(13)22-16)10-3-6-12(18)7-4-10/h3-9H,2,19H2,1H3. The van der Waals surface area contributed by atoms with Gasteiger partial charge in [-0.1, -0.05) is 29.8 Å². The van der Waals surface area contributed by atoms with Gasteiger partial charge < -0.3 is 14.9 Å². The van der Waals surface area contributed by atoms with E-state index in [9.17, 15) is 4.79 Å². The smallest absolute Gasteiger partial charge is 0.376 e. The Balaban J connectivity index is 2.07. The second kappa shape index (κ2) is 5.73. The number of hydrogen-bond acceptors (Lipinski definition) is 4. The van der Waals surface area contributed by atoms with Gasteiger partial charge in [0, 0.05) is 10.4 Å². The summed E-state index contributed by atoms with van der Waals surface area (Å²) in [6.07, 6.45) is 0. The van der Waals surface area contributed by atoms with E-state index in [0.29, 0.717) is 21.7 Å². The number of benzene rings is 2. The number of rotatable bonds is 3. The normalized spacial score (nSPS) is 10.8. The summed E-state index contributed by atoms with van der Waals surface area (Å²) in [6, 6.07) is 13.1. The van der Waals surface area contributed by atoms with Crippen LogP contribution < -0.4 is 5.73 Å². The van der Waals surface area contributed by atoms with Crippen molar-refractivity contribution in [3.8, 4) is 11.1 Å². The van der Waals surface area contributed by atoms with E-state index in [4.69, 9.17) is 26.5 Å². The molecule has 4 nitrogen and oxygen atoms in total. The Morgan fingerprint density at radius 2 is 1.86 bits per heavy atom. The third-order valence-corrected chi connectivity index (χ3v) is 3.62. The van der Waals surface area contributed by atoms with Crippen LogP contribution in [0.3, 0.4) is 0 Å². The van der Waals surface area contributed by atoms with Gasteiger partial charge in [0.25, 0.3) is 0 Å². The van der Waals surface area contributed by atoms with Crippen molar-refractivity contribution in [2.24, 2.45) is 0 Å². The largest absolute Gasteiger partial charge is 0.460 e. The van der Waals surface area contributed by atoms with Gasteiger partial charge in [-0.25, -0.2) is 4.79 Å². The molecule has 1 heterocycles. The minimum absolute atomic E-state index is 0.0464. The molecule has 0 radical (unpaired) electrons. The van der Waals surface area contributed by atoms with Crippen LogP contribution in [0.5, 0.6) is 0 Å². The number of anilines is 1. The zero-order valence-corrected chi connectivity index (χ0v) is 12.7. The van der Waals surface area contributed by atoms with Crippen molar-refractivity contribution in [1.29, 1.82) is 0 Å². The van der Waals surface area contributed by atoms with Gasteiger partial charge in [0.05, 0.1) is 12.3 Å². The zero-order valence-electron chi connectivity index (χ0n) is 11.9.